The van der Waals surface area contributed by atoms with E-state index in [1.807, 2.05) is 48.5 Å². The molecular formula is C24H28N2O2S. The quantitative estimate of drug-likeness (QED) is 0.655. The minimum absolute atomic E-state index is 0.0905. The van der Waals surface area contributed by atoms with Crippen LogP contribution < -0.4 is 10.1 Å². The van der Waals surface area contributed by atoms with Gasteiger partial charge >= 0.3 is 0 Å². The van der Waals surface area contributed by atoms with Crippen LogP contribution in [0.4, 0.5) is 5.69 Å². The smallest absolute Gasteiger partial charge is 0.262 e. The van der Waals surface area contributed by atoms with Crippen LogP contribution in [0.5, 0.6) is 5.75 Å². The zero-order chi connectivity index (χ0) is 20.2. The molecule has 1 saturated carbocycles. The van der Waals surface area contributed by atoms with E-state index in [4.69, 9.17) is 4.74 Å². The molecule has 1 heterocycles. The van der Waals surface area contributed by atoms with Gasteiger partial charge in [0, 0.05) is 11.7 Å². The molecule has 0 aromatic heterocycles. The van der Waals surface area contributed by atoms with Gasteiger partial charge in [0.2, 0.25) is 0 Å². The number of benzene rings is 2. The number of rotatable bonds is 5. The number of nitrogens with one attached hydrogen (secondary N) is 1. The molecule has 2 aromatic carbocycles. The summed E-state index contributed by atoms with van der Waals surface area (Å²) < 4.78 is 5.33. The summed E-state index contributed by atoms with van der Waals surface area (Å²) in [6, 6.07) is 18.3. The molecule has 5 heteroatoms. The van der Waals surface area contributed by atoms with Crippen molar-refractivity contribution in [1.82, 2.24) is 4.90 Å². The first-order valence-corrected chi connectivity index (χ1v) is 11.2. The summed E-state index contributed by atoms with van der Waals surface area (Å²) in [6.07, 6.45) is 6.70. The Hall–Kier alpha value is -2.40. The lowest BCUT2D eigenvalue weighted by atomic mass is 9.85. The van der Waals surface area contributed by atoms with Crippen LogP contribution in [0.2, 0.25) is 0 Å². The van der Waals surface area contributed by atoms with Crippen LogP contribution in [0.15, 0.2) is 59.5 Å². The fourth-order valence-corrected chi connectivity index (χ4v) is 5.46. The SMILES string of the molecule is COc1cccc(/C=C2\SC(Nc3ccccc3)N([C@@H]3CCCC[C@@H]3C)C2=O)c1. The zero-order valence-corrected chi connectivity index (χ0v) is 17.8. The average molecular weight is 409 g/mol. The molecule has 1 amide bonds. The minimum atomic E-state index is -0.0905. The predicted octanol–water partition coefficient (Wildman–Crippen LogP) is 5.59. The van der Waals surface area contributed by atoms with Crippen LogP contribution >= 0.6 is 11.8 Å². The van der Waals surface area contributed by atoms with Crippen molar-refractivity contribution in [3.05, 3.63) is 65.1 Å². The Labute approximate surface area is 177 Å². The maximum atomic E-state index is 13.5. The molecule has 0 bridgehead atoms. The number of carbonyl (C=O) groups is 1. The number of thioether (sulfide) groups is 1. The molecule has 4 rings (SSSR count). The molecule has 2 aromatic rings. The third kappa shape index (κ3) is 4.45. The highest BCUT2D eigenvalue weighted by Gasteiger charge is 2.42. The lowest BCUT2D eigenvalue weighted by Gasteiger charge is -2.39. The molecule has 1 aliphatic heterocycles. The van der Waals surface area contributed by atoms with E-state index in [1.54, 1.807) is 18.9 Å². The number of hydrogen-bond donors (Lipinski definition) is 1. The first-order valence-electron chi connectivity index (χ1n) is 10.3. The van der Waals surface area contributed by atoms with Crippen LogP contribution in [-0.2, 0) is 4.79 Å². The van der Waals surface area contributed by atoms with Gasteiger partial charge in [0.25, 0.3) is 5.91 Å². The lowest BCUT2D eigenvalue weighted by Crippen LogP contribution is -2.48. The summed E-state index contributed by atoms with van der Waals surface area (Å²) >= 11 is 1.61. The fourth-order valence-electron chi connectivity index (χ4n) is 4.25. The first kappa shape index (κ1) is 19.9. The van der Waals surface area contributed by atoms with E-state index in [0.29, 0.717) is 5.92 Å². The standard InChI is InChI=1S/C24H28N2O2S/c1-17-9-6-7-14-21(17)26-23(27)22(16-18-10-8-13-20(15-18)28-2)29-24(26)25-19-11-4-3-5-12-19/h3-5,8,10-13,15-17,21,24-25H,6-7,9,14H2,1-2H3/b22-16-/t17-,21+,24?/m0/s1. The van der Waals surface area contributed by atoms with Crippen molar-refractivity contribution in [2.45, 2.75) is 44.1 Å². The molecule has 1 unspecified atom stereocenters. The van der Waals surface area contributed by atoms with Crippen LogP contribution in [-0.4, -0.2) is 29.5 Å². The number of hydrogen-bond acceptors (Lipinski definition) is 4. The second-order valence-electron chi connectivity index (χ2n) is 7.81. The van der Waals surface area contributed by atoms with Crippen LogP contribution in [0.25, 0.3) is 6.08 Å². The van der Waals surface area contributed by atoms with Crippen molar-refractivity contribution < 1.29 is 9.53 Å². The molecule has 0 radical (unpaired) electrons. The monoisotopic (exact) mass is 408 g/mol. The Balaban J connectivity index is 1.64. The summed E-state index contributed by atoms with van der Waals surface area (Å²) in [5.74, 6) is 1.45. The van der Waals surface area contributed by atoms with Gasteiger partial charge in [-0.15, -0.1) is 0 Å². The van der Waals surface area contributed by atoms with Gasteiger partial charge < -0.3 is 15.0 Å². The van der Waals surface area contributed by atoms with Crippen molar-refractivity contribution in [3.8, 4) is 5.75 Å². The molecule has 3 atom stereocenters. The van der Waals surface area contributed by atoms with Crippen molar-refractivity contribution in [2.75, 3.05) is 12.4 Å². The summed E-state index contributed by atoms with van der Waals surface area (Å²) in [5, 5.41) is 3.58. The van der Waals surface area contributed by atoms with E-state index < -0.39 is 0 Å². The molecular weight excluding hydrogens is 380 g/mol. The highest BCUT2D eigenvalue weighted by Crippen LogP contribution is 2.42. The molecule has 1 aliphatic carbocycles. The summed E-state index contributed by atoms with van der Waals surface area (Å²) in [4.78, 5) is 16.3. The number of para-hydroxylation sites is 1. The second-order valence-corrected chi connectivity index (χ2v) is 8.93. The molecule has 2 fully saturated rings. The topological polar surface area (TPSA) is 41.6 Å². The first-order chi connectivity index (χ1) is 14.2. The van der Waals surface area contributed by atoms with Gasteiger partial charge in [-0.1, -0.05) is 61.9 Å². The molecule has 0 spiro atoms. The van der Waals surface area contributed by atoms with E-state index >= 15 is 0 Å². The van der Waals surface area contributed by atoms with Gasteiger partial charge in [0.15, 0.2) is 5.50 Å². The van der Waals surface area contributed by atoms with E-state index in [-0.39, 0.29) is 17.4 Å². The number of ether oxygens (including phenoxy) is 1. The highest BCUT2D eigenvalue weighted by molar-refractivity contribution is 8.05. The number of methoxy groups -OCH3 is 1. The maximum absolute atomic E-state index is 13.5. The van der Waals surface area contributed by atoms with Gasteiger partial charge in [0.05, 0.1) is 12.0 Å². The Morgan fingerprint density at radius 2 is 1.90 bits per heavy atom. The van der Waals surface area contributed by atoms with Crippen molar-refractivity contribution in [3.63, 3.8) is 0 Å². The largest absolute Gasteiger partial charge is 0.497 e. The molecule has 1 saturated heterocycles. The summed E-state index contributed by atoms with van der Waals surface area (Å²) in [6.45, 7) is 2.28. The van der Waals surface area contributed by atoms with E-state index in [1.165, 1.54) is 19.3 Å². The number of amides is 1. The number of nitrogens with zero attached hydrogens (tertiary/aromatic N) is 1. The number of carbonyl (C=O) groups excluding carboxylic acids is 1. The molecule has 1 N–H and O–H groups in total. The summed E-state index contributed by atoms with van der Waals surface area (Å²) in [7, 11) is 1.66. The summed E-state index contributed by atoms with van der Waals surface area (Å²) in [5.41, 5.74) is 1.93. The second kappa shape index (κ2) is 8.95. The van der Waals surface area contributed by atoms with Crippen molar-refractivity contribution >= 4 is 29.4 Å². The highest BCUT2D eigenvalue weighted by atomic mass is 32.2. The van der Waals surface area contributed by atoms with Crippen LogP contribution in [0, 0.1) is 5.92 Å². The Kier molecular flexibility index (Phi) is 6.14. The minimum Gasteiger partial charge on any atom is -0.497 e. The third-order valence-electron chi connectivity index (χ3n) is 5.82. The van der Waals surface area contributed by atoms with Gasteiger partial charge in [-0.05, 0) is 54.7 Å². The maximum Gasteiger partial charge on any atom is 0.262 e. The third-order valence-corrected chi connectivity index (χ3v) is 6.93. The van der Waals surface area contributed by atoms with E-state index in [9.17, 15) is 4.79 Å². The van der Waals surface area contributed by atoms with Gasteiger partial charge in [-0.3, -0.25) is 4.79 Å². The Morgan fingerprint density at radius 1 is 1.10 bits per heavy atom. The Bertz CT molecular complexity index is 883. The fraction of sp³-hybridized carbons (Fsp3) is 0.375. The molecule has 29 heavy (non-hydrogen) atoms. The molecule has 152 valence electrons. The Morgan fingerprint density at radius 3 is 2.66 bits per heavy atom. The van der Waals surface area contributed by atoms with Crippen molar-refractivity contribution in [1.29, 1.82) is 0 Å². The van der Waals surface area contributed by atoms with Crippen molar-refractivity contribution in [2.24, 2.45) is 5.92 Å². The number of anilines is 1. The van der Waals surface area contributed by atoms with Crippen LogP contribution in [0.1, 0.15) is 38.2 Å². The van der Waals surface area contributed by atoms with Crippen LogP contribution in [0.3, 0.4) is 0 Å². The molecule has 4 nitrogen and oxygen atoms in total. The molecule has 2 aliphatic rings. The van der Waals surface area contributed by atoms with E-state index in [2.05, 4.69) is 29.3 Å². The van der Waals surface area contributed by atoms with Gasteiger partial charge in [0.1, 0.15) is 5.75 Å². The lowest BCUT2D eigenvalue weighted by molar-refractivity contribution is -0.129. The van der Waals surface area contributed by atoms with Gasteiger partial charge in [-0.2, -0.15) is 0 Å². The van der Waals surface area contributed by atoms with E-state index in [0.717, 1.165) is 28.3 Å². The van der Waals surface area contributed by atoms with Gasteiger partial charge in [-0.25, -0.2) is 0 Å². The zero-order valence-electron chi connectivity index (χ0n) is 17.0. The average Bonchev–Trinajstić information content (AvgIpc) is 3.04. The predicted molar refractivity (Wildman–Crippen MR) is 121 cm³/mol. The normalized spacial score (nSPS) is 26.0.